The van der Waals surface area contributed by atoms with E-state index in [1.807, 2.05) is 13.8 Å². The summed E-state index contributed by atoms with van der Waals surface area (Å²) in [5.41, 5.74) is 0. The molecular formula is C7H14O2S. The minimum Gasteiger partial charge on any atom is -0.228 e. The quantitative estimate of drug-likeness (QED) is 0.581. The molecule has 2 atom stereocenters. The van der Waals surface area contributed by atoms with E-state index in [1.54, 1.807) is 6.92 Å². The van der Waals surface area contributed by atoms with Gasteiger partial charge in [0.1, 0.15) is 0 Å². The molecule has 1 unspecified atom stereocenters. The SMILES string of the molecule is CC(C)C1C[C@@H](C)S1(=O)=O. The van der Waals surface area contributed by atoms with Crippen LogP contribution in [0, 0.1) is 5.92 Å². The van der Waals surface area contributed by atoms with E-state index in [4.69, 9.17) is 0 Å². The summed E-state index contributed by atoms with van der Waals surface area (Å²) < 4.78 is 22.4. The van der Waals surface area contributed by atoms with Gasteiger partial charge in [-0.05, 0) is 19.3 Å². The normalized spacial score (nSPS) is 37.6. The summed E-state index contributed by atoms with van der Waals surface area (Å²) in [7, 11) is -2.70. The van der Waals surface area contributed by atoms with Gasteiger partial charge in [-0.1, -0.05) is 13.8 Å². The average molecular weight is 162 g/mol. The topological polar surface area (TPSA) is 34.1 Å². The van der Waals surface area contributed by atoms with Crippen LogP contribution in [0.2, 0.25) is 0 Å². The van der Waals surface area contributed by atoms with Gasteiger partial charge in [-0.2, -0.15) is 0 Å². The molecule has 1 rings (SSSR count). The van der Waals surface area contributed by atoms with Gasteiger partial charge in [0, 0.05) is 0 Å². The highest BCUT2D eigenvalue weighted by Crippen LogP contribution is 2.33. The van der Waals surface area contributed by atoms with Crippen molar-refractivity contribution in [3.63, 3.8) is 0 Å². The van der Waals surface area contributed by atoms with Crippen molar-refractivity contribution in [1.82, 2.24) is 0 Å². The molecule has 1 saturated heterocycles. The van der Waals surface area contributed by atoms with Crippen LogP contribution in [0.5, 0.6) is 0 Å². The van der Waals surface area contributed by atoms with E-state index < -0.39 is 9.84 Å². The first-order valence-corrected chi connectivity index (χ1v) is 5.30. The molecule has 0 aromatic rings. The zero-order valence-electron chi connectivity index (χ0n) is 6.66. The van der Waals surface area contributed by atoms with Gasteiger partial charge in [0.25, 0.3) is 0 Å². The van der Waals surface area contributed by atoms with Crippen LogP contribution in [-0.4, -0.2) is 18.9 Å². The third-order valence-electron chi connectivity index (χ3n) is 2.29. The van der Waals surface area contributed by atoms with Crippen LogP contribution in [0.4, 0.5) is 0 Å². The average Bonchev–Trinajstić information content (AvgIpc) is 1.82. The van der Waals surface area contributed by atoms with E-state index in [0.717, 1.165) is 6.42 Å². The van der Waals surface area contributed by atoms with Crippen LogP contribution in [0.3, 0.4) is 0 Å². The van der Waals surface area contributed by atoms with Crippen molar-refractivity contribution >= 4 is 9.84 Å². The summed E-state index contributed by atoms with van der Waals surface area (Å²) in [6, 6.07) is 0. The second kappa shape index (κ2) is 2.22. The van der Waals surface area contributed by atoms with Gasteiger partial charge >= 0.3 is 0 Å². The van der Waals surface area contributed by atoms with E-state index >= 15 is 0 Å². The molecule has 0 spiro atoms. The van der Waals surface area contributed by atoms with Crippen molar-refractivity contribution in [2.75, 3.05) is 0 Å². The number of hydrogen-bond acceptors (Lipinski definition) is 2. The molecule has 0 saturated carbocycles. The molecular weight excluding hydrogens is 148 g/mol. The highest BCUT2D eigenvalue weighted by molar-refractivity contribution is 7.94. The molecule has 0 bridgehead atoms. The van der Waals surface area contributed by atoms with Gasteiger partial charge in [0.05, 0.1) is 10.5 Å². The van der Waals surface area contributed by atoms with Crippen molar-refractivity contribution in [2.45, 2.75) is 37.7 Å². The van der Waals surface area contributed by atoms with E-state index in [2.05, 4.69) is 0 Å². The van der Waals surface area contributed by atoms with Crippen LogP contribution in [0.15, 0.2) is 0 Å². The lowest BCUT2D eigenvalue weighted by Gasteiger charge is -2.35. The standard InChI is InChI=1S/C7H14O2S/c1-5(2)7-4-6(3)10(7,8)9/h5-7H,4H2,1-3H3/t6-,7?/m1/s1. The summed E-state index contributed by atoms with van der Waals surface area (Å²) in [6.07, 6.45) is 0.861. The Morgan fingerprint density at radius 3 is 2.00 bits per heavy atom. The summed E-state index contributed by atoms with van der Waals surface area (Å²) in [4.78, 5) is 0. The Bertz CT molecular complexity index is 216. The van der Waals surface area contributed by atoms with Crippen molar-refractivity contribution in [1.29, 1.82) is 0 Å². The molecule has 0 N–H and O–H groups in total. The van der Waals surface area contributed by atoms with Gasteiger partial charge in [0.2, 0.25) is 0 Å². The van der Waals surface area contributed by atoms with Gasteiger partial charge in [-0.3, -0.25) is 0 Å². The molecule has 1 heterocycles. The molecule has 1 aliphatic heterocycles. The minimum absolute atomic E-state index is 0.0532. The molecule has 0 aromatic heterocycles. The highest BCUT2D eigenvalue weighted by Gasteiger charge is 2.44. The third-order valence-corrected chi connectivity index (χ3v) is 5.19. The van der Waals surface area contributed by atoms with Crippen molar-refractivity contribution in [3.8, 4) is 0 Å². The number of rotatable bonds is 1. The molecule has 0 aliphatic carbocycles. The predicted octanol–water partition coefficient (Wildman–Crippen LogP) is 1.22. The van der Waals surface area contributed by atoms with Crippen molar-refractivity contribution in [2.24, 2.45) is 5.92 Å². The maximum absolute atomic E-state index is 11.2. The molecule has 0 amide bonds. The lowest BCUT2D eigenvalue weighted by molar-refractivity contribution is 0.454. The number of hydrogen-bond donors (Lipinski definition) is 0. The smallest absolute Gasteiger partial charge is 0.156 e. The summed E-state index contributed by atoms with van der Waals surface area (Å²) >= 11 is 0. The molecule has 1 fully saturated rings. The molecule has 10 heavy (non-hydrogen) atoms. The maximum atomic E-state index is 11.2. The Kier molecular flexibility index (Phi) is 1.79. The summed E-state index contributed by atoms with van der Waals surface area (Å²) in [5, 5.41) is -0.137. The fraction of sp³-hybridized carbons (Fsp3) is 1.00. The Morgan fingerprint density at radius 2 is 1.90 bits per heavy atom. The molecule has 1 aliphatic rings. The lowest BCUT2D eigenvalue weighted by atomic mass is 10.1. The Balaban J connectivity index is 2.74. The Morgan fingerprint density at radius 1 is 1.40 bits per heavy atom. The first kappa shape index (κ1) is 8.05. The third kappa shape index (κ3) is 0.965. The zero-order valence-corrected chi connectivity index (χ0v) is 7.48. The van der Waals surface area contributed by atoms with Gasteiger partial charge in [-0.15, -0.1) is 0 Å². The van der Waals surface area contributed by atoms with Crippen LogP contribution in [0.1, 0.15) is 27.2 Å². The molecule has 3 heteroatoms. The summed E-state index contributed by atoms with van der Waals surface area (Å²) in [5.74, 6) is 0.293. The van der Waals surface area contributed by atoms with Gasteiger partial charge in [-0.25, -0.2) is 8.42 Å². The predicted molar refractivity (Wildman–Crippen MR) is 41.6 cm³/mol. The zero-order chi connectivity index (χ0) is 7.94. The Labute approximate surface area is 62.5 Å². The maximum Gasteiger partial charge on any atom is 0.156 e. The highest BCUT2D eigenvalue weighted by atomic mass is 32.2. The molecule has 0 aromatic carbocycles. The monoisotopic (exact) mass is 162 g/mol. The summed E-state index contributed by atoms with van der Waals surface area (Å²) in [6.45, 7) is 5.72. The second-order valence-corrected chi connectivity index (χ2v) is 6.01. The van der Waals surface area contributed by atoms with E-state index in [0.29, 0.717) is 5.92 Å². The van der Waals surface area contributed by atoms with Crippen LogP contribution >= 0.6 is 0 Å². The van der Waals surface area contributed by atoms with Gasteiger partial charge in [0.15, 0.2) is 9.84 Å². The minimum atomic E-state index is -2.70. The lowest BCUT2D eigenvalue weighted by Crippen LogP contribution is -2.46. The van der Waals surface area contributed by atoms with Gasteiger partial charge < -0.3 is 0 Å². The first-order chi connectivity index (χ1) is 4.46. The van der Waals surface area contributed by atoms with E-state index in [9.17, 15) is 8.42 Å². The van der Waals surface area contributed by atoms with Crippen molar-refractivity contribution < 1.29 is 8.42 Å². The van der Waals surface area contributed by atoms with Crippen LogP contribution in [0.25, 0.3) is 0 Å². The van der Waals surface area contributed by atoms with Crippen LogP contribution < -0.4 is 0 Å². The molecule has 60 valence electrons. The second-order valence-electron chi connectivity index (χ2n) is 3.42. The largest absolute Gasteiger partial charge is 0.228 e. The van der Waals surface area contributed by atoms with Crippen LogP contribution in [-0.2, 0) is 9.84 Å². The number of sulfone groups is 1. The fourth-order valence-electron chi connectivity index (χ4n) is 1.42. The molecule has 0 radical (unpaired) electrons. The van der Waals surface area contributed by atoms with E-state index in [1.165, 1.54) is 0 Å². The Hall–Kier alpha value is -0.0500. The van der Waals surface area contributed by atoms with E-state index in [-0.39, 0.29) is 10.5 Å². The molecule has 2 nitrogen and oxygen atoms in total. The van der Waals surface area contributed by atoms with Crippen molar-refractivity contribution in [3.05, 3.63) is 0 Å². The first-order valence-electron chi connectivity index (χ1n) is 3.69. The fourth-order valence-corrected chi connectivity index (χ4v) is 3.45.